The number of benzene rings is 2. The van der Waals surface area contributed by atoms with Gasteiger partial charge in [-0.15, -0.1) is 0 Å². The van der Waals surface area contributed by atoms with Crippen LogP contribution in [0.3, 0.4) is 0 Å². The van der Waals surface area contributed by atoms with Crippen LogP contribution in [0, 0.1) is 11.3 Å². The zero-order chi connectivity index (χ0) is 21.5. The maximum absolute atomic E-state index is 11.6. The Morgan fingerprint density at radius 1 is 1.26 bits per heavy atom. The molecular formula is C21H14N6O4. The SMILES string of the molecule is N#Cc1cnn2c(Nc3ccc(C(=O)O)cc3)c(-c3ccc4c(c3)NC(=O)OC4)[nH]c12. The smallest absolute Gasteiger partial charge is 0.411 e. The number of H-pyrrole nitrogens is 1. The van der Waals surface area contributed by atoms with E-state index in [0.717, 1.165) is 11.1 Å². The van der Waals surface area contributed by atoms with Crippen LogP contribution in [0.1, 0.15) is 21.5 Å². The number of anilines is 3. The van der Waals surface area contributed by atoms with Crippen LogP contribution in [0.25, 0.3) is 16.9 Å². The average molecular weight is 414 g/mol. The van der Waals surface area contributed by atoms with E-state index in [4.69, 9.17) is 9.84 Å². The molecule has 0 saturated heterocycles. The summed E-state index contributed by atoms with van der Waals surface area (Å²) in [7, 11) is 0. The van der Waals surface area contributed by atoms with Gasteiger partial charge in [0.05, 0.1) is 23.1 Å². The van der Waals surface area contributed by atoms with Crippen LogP contribution >= 0.6 is 0 Å². The summed E-state index contributed by atoms with van der Waals surface area (Å²) >= 11 is 0. The first-order valence-corrected chi connectivity index (χ1v) is 9.21. The highest BCUT2D eigenvalue weighted by atomic mass is 16.5. The zero-order valence-electron chi connectivity index (χ0n) is 15.8. The number of aromatic amines is 1. The third-order valence-corrected chi connectivity index (χ3v) is 4.97. The van der Waals surface area contributed by atoms with Crippen molar-refractivity contribution in [3.05, 3.63) is 65.4 Å². The number of nitrogens with one attached hydrogen (secondary N) is 3. The number of nitrogens with zero attached hydrogens (tertiary/aromatic N) is 3. The largest absolute Gasteiger partial charge is 0.478 e. The number of fused-ring (bicyclic) bond motifs is 2. The van der Waals surface area contributed by atoms with E-state index in [1.807, 2.05) is 18.2 Å². The molecule has 1 aliphatic heterocycles. The Morgan fingerprint density at radius 3 is 2.81 bits per heavy atom. The molecule has 0 radical (unpaired) electrons. The fourth-order valence-corrected chi connectivity index (χ4v) is 3.42. The summed E-state index contributed by atoms with van der Waals surface area (Å²) in [5.74, 6) is -0.458. The van der Waals surface area contributed by atoms with Crippen LogP contribution in [0.4, 0.5) is 22.0 Å². The molecule has 2 aromatic heterocycles. The van der Waals surface area contributed by atoms with Crippen molar-refractivity contribution in [1.29, 1.82) is 5.26 Å². The Kier molecular flexibility index (Phi) is 4.08. The van der Waals surface area contributed by atoms with Crippen molar-refractivity contribution in [2.24, 2.45) is 0 Å². The summed E-state index contributed by atoms with van der Waals surface area (Å²) in [6.07, 6.45) is 0.938. The maximum Gasteiger partial charge on any atom is 0.411 e. The van der Waals surface area contributed by atoms with E-state index in [9.17, 15) is 14.9 Å². The van der Waals surface area contributed by atoms with Crippen LogP contribution in [0.2, 0.25) is 0 Å². The first-order valence-electron chi connectivity index (χ1n) is 9.21. The lowest BCUT2D eigenvalue weighted by molar-refractivity contribution is 0.0697. The Morgan fingerprint density at radius 2 is 2.06 bits per heavy atom. The monoisotopic (exact) mass is 414 g/mol. The number of aromatic nitrogens is 3. The molecule has 0 spiro atoms. The van der Waals surface area contributed by atoms with Gasteiger partial charge in [0, 0.05) is 16.8 Å². The quantitative estimate of drug-likeness (QED) is 0.398. The van der Waals surface area contributed by atoms with Crippen molar-refractivity contribution in [2.45, 2.75) is 6.61 Å². The highest BCUT2D eigenvalue weighted by Gasteiger charge is 2.21. The Labute approximate surface area is 174 Å². The van der Waals surface area contributed by atoms with Crippen LogP contribution in [0.15, 0.2) is 48.7 Å². The second-order valence-corrected chi connectivity index (χ2v) is 6.86. The van der Waals surface area contributed by atoms with Gasteiger partial charge in [0.15, 0.2) is 11.5 Å². The lowest BCUT2D eigenvalue weighted by atomic mass is 10.1. The molecule has 152 valence electrons. The minimum Gasteiger partial charge on any atom is -0.478 e. The second-order valence-electron chi connectivity index (χ2n) is 6.86. The normalized spacial score (nSPS) is 12.5. The summed E-state index contributed by atoms with van der Waals surface area (Å²) in [5, 5.41) is 28.7. The number of aromatic carboxylic acids is 1. The molecule has 0 bridgehead atoms. The number of rotatable bonds is 4. The molecule has 2 aromatic carbocycles. The molecule has 0 atom stereocenters. The number of nitriles is 1. The summed E-state index contributed by atoms with van der Waals surface area (Å²) in [6, 6.07) is 13.9. The number of carbonyl (C=O) groups is 2. The van der Waals surface area contributed by atoms with E-state index in [1.165, 1.54) is 18.3 Å². The molecule has 4 aromatic rings. The van der Waals surface area contributed by atoms with Crippen LogP contribution < -0.4 is 10.6 Å². The molecule has 31 heavy (non-hydrogen) atoms. The predicted molar refractivity (Wildman–Crippen MR) is 110 cm³/mol. The van der Waals surface area contributed by atoms with Crippen LogP contribution in [-0.4, -0.2) is 31.8 Å². The number of carboxylic acids is 1. The minimum atomic E-state index is -1.01. The van der Waals surface area contributed by atoms with Gasteiger partial charge in [0.1, 0.15) is 18.2 Å². The van der Waals surface area contributed by atoms with Crippen molar-refractivity contribution in [1.82, 2.24) is 14.6 Å². The topological polar surface area (TPSA) is 145 Å². The molecule has 0 saturated carbocycles. The average Bonchev–Trinajstić information content (AvgIpc) is 3.33. The number of carbonyl (C=O) groups excluding carboxylic acids is 1. The third kappa shape index (κ3) is 3.10. The van der Waals surface area contributed by atoms with Gasteiger partial charge in [0.2, 0.25) is 0 Å². The van der Waals surface area contributed by atoms with Crippen molar-refractivity contribution in [2.75, 3.05) is 10.6 Å². The number of amides is 1. The van der Waals surface area contributed by atoms with Gasteiger partial charge in [-0.05, 0) is 30.3 Å². The molecule has 0 fully saturated rings. The maximum atomic E-state index is 11.6. The fourth-order valence-electron chi connectivity index (χ4n) is 3.42. The summed E-state index contributed by atoms with van der Waals surface area (Å²) in [4.78, 5) is 25.9. The van der Waals surface area contributed by atoms with Crippen molar-refractivity contribution < 1.29 is 19.4 Å². The van der Waals surface area contributed by atoms with Gasteiger partial charge in [-0.1, -0.05) is 12.1 Å². The van der Waals surface area contributed by atoms with Crippen LogP contribution in [0.5, 0.6) is 0 Å². The molecule has 3 heterocycles. The van der Waals surface area contributed by atoms with E-state index >= 15 is 0 Å². The molecule has 0 unspecified atom stereocenters. The summed E-state index contributed by atoms with van der Waals surface area (Å²) in [6.45, 7) is 0.190. The van der Waals surface area contributed by atoms with Gasteiger partial charge >= 0.3 is 12.1 Å². The molecule has 1 amide bonds. The number of ether oxygens (including phenoxy) is 1. The molecule has 4 N–H and O–H groups in total. The standard InChI is InChI=1S/C21H14N6O4/c22-8-14-9-23-27-18(14)26-17(12-1-2-13-10-31-21(30)25-16(13)7-12)19(27)24-15-5-3-11(4-6-15)20(28)29/h1-7,9,24,26H,10H2,(H,25,30)(H,28,29). The summed E-state index contributed by atoms with van der Waals surface area (Å²) < 4.78 is 6.55. The second kappa shape index (κ2) is 6.93. The highest BCUT2D eigenvalue weighted by molar-refractivity contribution is 5.91. The van der Waals surface area contributed by atoms with Gasteiger partial charge in [-0.3, -0.25) is 5.32 Å². The van der Waals surface area contributed by atoms with Gasteiger partial charge in [0.25, 0.3) is 0 Å². The Balaban J connectivity index is 1.62. The third-order valence-electron chi connectivity index (χ3n) is 4.97. The minimum absolute atomic E-state index is 0.170. The van der Waals surface area contributed by atoms with E-state index < -0.39 is 12.1 Å². The van der Waals surface area contributed by atoms with E-state index in [1.54, 1.807) is 16.6 Å². The molecule has 10 nitrogen and oxygen atoms in total. The van der Waals surface area contributed by atoms with Crippen molar-refractivity contribution in [3.8, 4) is 17.3 Å². The van der Waals surface area contributed by atoms with Crippen molar-refractivity contribution >= 4 is 34.9 Å². The molecule has 0 aliphatic carbocycles. The number of carboxylic acid groups (broad SMARTS) is 1. The lowest BCUT2D eigenvalue weighted by Gasteiger charge is -2.18. The van der Waals surface area contributed by atoms with E-state index in [0.29, 0.717) is 34.1 Å². The Hall–Kier alpha value is -4.78. The zero-order valence-corrected chi connectivity index (χ0v) is 15.8. The van der Waals surface area contributed by atoms with Gasteiger partial charge in [-0.25, -0.2) is 9.59 Å². The van der Waals surface area contributed by atoms with E-state index in [2.05, 4.69) is 26.8 Å². The number of cyclic esters (lactones) is 1. The number of imidazole rings is 1. The van der Waals surface area contributed by atoms with Crippen molar-refractivity contribution in [3.63, 3.8) is 0 Å². The predicted octanol–water partition coefficient (Wildman–Crippen LogP) is 3.70. The summed E-state index contributed by atoms with van der Waals surface area (Å²) in [5.41, 5.74) is 4.56. The first kappa shape index (κ1) is 18.3. The van der Waals surface area contributed by atoms with Gasteiger partial charge < -0.3 is 20.1 Å². The molecule has 1 aliphatic rings. The number of hydrogen-bond donors (Lipinski definition) is 4. The molecule has 10 heteroatoms. The van der Waals surface area contributed by atoms with Gasteiger partial charge in [-0.2, -0.15) is 14.9 Å². The van der Waals surface area contributed by atoms with E-state index in [-0.39, 0.29) is 12.2 Å². The molecule has 5 rings (SSSR count). The molecular weight excluding hydrogens is 400 g/mol. The highest BCUT2D eigenvalue weighted by Crippen LogP contribution is 2.35. The lowest BCUT2D eigenvalue weighted by Crippen LogP contribution is -2.20. The van der Waals surface area contributed by atoms with Crippen LogP contribution in [-0.2, 0) is 11.3 Å². The Bertz CT molecular complexity index is 1390. The first-order chi connectivity index (χ1) is 15.0. The number of hydrogen-bond acceptors (Lipinski definition) is 6. The fraction of sp³-hybridized carbons (Fsp3) is 0.0476.